The Morgan fingerprint density at radius 1 is 1.00 bits per heavy atom. The van der Waals surface area contributed by atoms with Crippen LogP contribution in [0.3, 0.4) is 0 Å². The Labute approximate surface area is 198 Å². The minimum atomic E-state index is -0.276. The molecule has 0 aliphatic carbocycles. The zero-order valence-electron chi connectivity index (χ0n) is 19.5. The number of halogens is 1. The third-order valence-electron chi connectivity index (χ3n) is 6.92. The zero-order valence-corrected chi connectivity index (χ0v) is 19.5. The van der Waals surface area contributed by atoms with E-state index in [1.807, 2.05) is 64.9 Å². The Bertz CT molecular complexity index is 1250. The monoisotopic (exact) mass is 460 g/mol. The molecule has 7 heteroatoms. The van der Waals surface area contributed by atoms with Crippen molar-refractivity contribution in [3.63, 3.8) is 0 Å². The van der Waals surface area contributed by atoms with Crippen molar-refractivity contribution in [2.45, 2.75) is 25.4 Å². The first kappa shape index (κ1) is 22.2. The summed E-state index contributed by atoms with van der Waals surface area (Å²) in [6.07, 6.45) is 0.991. The topological polar surface area (TPSA) is 57.6 Å². The van der Waals surface area contributed by atoms with E-state index in [-0.39, 0.29) is 29.1 Å². The van der Waals surface area contributed by atoms with E-state index in [1.165, 1.54) is 12.1 Å². The molecule has 0 unspecified atom stereocenters. The van der Waals surface area contributed by atoms with Gasteiger partial charge < -0.3 is 19.7 Å². The molecule has 1 saturated heterocycles. The van der Waals surface area contributed by atoms with Gasteiger partial charge in [-0.25, -0.2) is 4.39 Å². The lowest BCUT2D eigenvalue weighted by Gasteiger charge is -2.43. The van der Waals surface area contributed by atoms with Crippen LogP contribution in [0, 0.1) is 11.7 Å². The number of pyridine rings is 1. The van der Waals surface area contributed by atoms with Gasteiger partial charge in [0.25, 0.3) is 11.5 Å². The molecule has 2 aromatic carbocycles. The van der Waals surface area contributed by atoms with Crippen molar-refractivity contribution in [3.8, 4) is 0 Å². The Morgan fingerprint density at radius 3 is 2.44 bits per heavy atom. The first-order chi connectivity index (χ1) is 16.4. The summed E-state index contributed by atoms with van der Waals surface area (Å²) in [4.78, 5) is 30.3. The third kappa shape index (κ3) is 4.30. The van der Waals surface area contributed by atoms with Crippen molar-refractivity contribution < 1.29 is 9.18 Å². The van der Waals surface area contributed by atoms with Crippen molar-refractivity contribution >= 4 is 17.3 Å². The van der Waals surface area contributed by atoms with E-state index in [0.717, 1.165) is 23.4 Å². The van der Waals surface area contributed by atoms with Crippen LogP contribution in [0.25, 0.3) is 0 Å². The van der Waals surface area contributed by atoms with Gasteiger partial charge in [-0.15, -0.1) is 0 Å². The maximum absolute atomic E-state index is 13.2. The van der Waals surface area contributed by atoms with Crippen molar-refractivity contribution in [2.24, 2.45) is 5.92 Å². The molecular formula is C27H29FN4O2. The molecule has 1 N–H and O–H groups in total. The van der Waals surface area contributed by atoms with E-state index in [0.29, 0.717) is 37.4 Å². The molecular weight excluding hydrogens is 431 g/mol. The minimum Gasteiger partial charge on any atom is -0.378 e. The number of benzene rings is 2. The Balaban J connectivity index is 1.31. The van der Waals surface area contributed by atoms with Crippen LogP contribution in [0.4, 0.5) is 15.8 Å². The molecule has 2 bridgehead atoms. The van der Waals surface area contributed by atoms with E-state index in [1.54, 1.807) is 12.1 Å². The molecule has 34 heavy (non-hydrogen) atoms. The maximum atomic E-state index is 13.2. The molecule has 0 saturated carbocycles. The summed E-state index contributed by atoms with van der Waals surface area (Å²) in [6.45, 7) is 2.34. The van der Waals surface area contributed by atoms with E-state index >= 15 is 0 Å². The number of carbonyl (C=O) groups excluding carboxylic acids is 1. The first-order valence-corrected chi connectivity index (χ1v) is 11.7. The van der Waals surface area contributed by atoms with E-state index in [9.17, 15) is 14.0 Å². The highest BCUT2D eigenvalue weighted by Gasteiger charge is 2.36. The second-order valence-electron chi connectivity index (χ2n) is 9.52. The van der Waals surface area contributed by atoms with Gasteiger partial charge in [-0.05, 0) is 66.4 Å². The van der Waals surface area contributed by atoms with Crippen LogP contribution < -0.4 is 15.8 Å². The molecule has 6 nitrogen and oxygen atoms in total. The molecule has 1 fully saturated rings. The van der Waals surface area contributed by atoms with Crippen LogP contribution in [0.15, 0.2) is 65.5 Å². The second kappa shape index (κ2) is 8.97. The van der Waals surface area contributed by atoms with Gasteiger partial charge in [0.15, 0.2) is 0 Å². The number of likely N-dealkylation sites (tertiary alicyclic amines) is 1. The smallest absolute Gasteiger partial charge is 0.274 e. The van der Waals surface area contributed by atoms with Gasteiger partial charge in [-0.2, -0.15) is 0 Å². The zero-order chi connectivity index (χ0) is 23.8. The van der Waals surface area contributed by atoms with E-state index in [4.69, 9.17) is 0 Å². The molecule has 1 aromatic heterocycles. The predicted octanol–water partition coefficient (Wildman–Crippen LogP) is 3.93. The van der Waals surface area contributed by atoms with Gasteiger partial charge in [0.05, 0.1) is 0 Å². The molecule has 3 aromatic rings. The van der Waals surface area contributed by atoms with Crippen LogP contribution in [-0.4, -0.2) is 42.6 Å². The van der Waals surface area contributed by atoms with Crippen molar-refractivity contribution in [2.75, 3.05) is 37.4 Å². The average Bonchev–Trinajstić information content (AvgIpc) is 2.84. The largest absolute Gasteiger partial charge is 0.378 e. The Morgan fingerprint density at radius 2 is 1.74 bits per heavy atom. The number of aromatic nitrogens is 1. The fourth-order valence-corrected chi connectivity index (χ4v) is 5.13. The minimum absolute atomic E-state index is 0.0339. The number of nitrogens with zero attached hydrogens (tertiary/aromatic N) is 3. The molecule has 176 valence electrons. The summed E-state index contributed by atoms with van der Waals surface area (Å²) < 4.78 is 15.0. The van der Waals surface area contributed by atoms with Crippen LogP contribution in [0.5, 0.6) is 0 Å². The summed E-state index contributed by atoms with van der Waals surface area (Å²) in [5.41, 5.74) is 4.17. The van der Waals surface area contributed by atoms with Crippen molar-refractivity contribution in [1.29, 1.82) is 0 Å². The van der Waals surface area contributed by atoms with Crippen LogP contribution in [0.1, 0.15) is 34.0 Å². The van der Waals surface area contributed by atoms with Gasteiger partial charge in [0.2, 0.25) is 0 Å². The molecule has 0 spiro atoms. The van der Waals surface area contributed by atoms with E-state index < -0.39 is 0 Å². The normalized spacial score (nSPS) is 18.9. The number of hydrogen-bond acceptors (Lipinski definition) is 4. The predicted molar refractivity (Wildman–Crippen MR) is 132 cm³/mol. The highest BCUT2D eigenvalue weighted by Crippen LogP contribution is 2.36. The average molecular weight is 461 g/mol. The molecule has 1 amide bonds. The van der Waals surface area contributed by atoms with Gasteiger partial charge in [0.1, 0.15) is 11.5 Å². The Hall–Kier alpha value is -3.61. The number of anilines is 2. The number of rotatable bonds is 5. The summed E-state index contributed by atoms with van der Waals surface area (Å²) >= 11 is 0. The van der Waals surface area contributed by atoms with Gasteiger partial charge in [0, 0.05) is 63.1 Å². The van der Waals surface area contributed by atoms with Gasteiger partial charge >= 0.3 is 0 Å². The highest BCUT2D eigenvalue weighted by molar-refractivity contribution is 5.94. The SMILES string of the molecule is CN(C)c1ccc(C(=O)N2C[C@@H]3C[C@H](C2)c2ccc(NCc4ccc(F)cc4)c(=O)n2C3)cc1. The standard InChI is InChI=1S/C27H29FN4O2/c1-30(2)23-9-5-20(6-10-23)26(33)31-15-19-13-21(17-31)25-12-11-24(27(34)32(25)16-19)29-14-18-3-7-22(28)8-4-18/h3-12,19,21,29H,13-17H2,1-2H3/t19-,21+/m0/s1. The van der Waals surface area contributed by atoms with Crippen LogP contribution in [-0.2, 0) is 13.1 Å². The molecule has 2 aliphatic heterocycles. The Kier molecular flexibility index (Phi) is 5.86. The molecule has 2 aliphatic rings. The molecule has 3 heterocycles. The fourth-order valence-electron chi connectivity index (χ4n) is 5.13. The lowest BCUT2D eigenvalue weighted by Crippen LogP contribution is -2.49. The molecule has 2 atom stereocenters. The summed E-state index contributed by atoms with van der Waals surface area (Å²) in [5.74, 6) is 0.174. The fraction of sp³-hybridized carbons (Fsp3) is 0.333. The highest BCUT2D eigenvalue weighted by atomic mass is 19.1. The van der Waals surface area contributed by atoms with Crippen molar-refractivity contribution in [3.05, 3.63) is 93.7 Å². The molecule has 5 rings (SSSR count). The van der Waals surface area contributed by atoms with Crippen molar-refractivity contribution in [1.82, 2.24) is 9.47 Å². The summed E-state index contributed by atoms with van der Waals surface area (Å²) in [5, 5.41) is 3.20. The summed E-state index contributed by atoms with van der Waals surface area (Å²) in [6, 6.07) is 17.8. The van der Waals surface area contributed by atoms with E-state index in [2.05, 4.69) is 5.32 Å². The maximum Gasteiger partial charge on any atom is 0.274 e. The summed E-state index contributed by atoms with van der Waals surface area (Å²) in [7, 11) is 3.96. The molecule has 0 radical (unpaired) electrons. The second-order valence-corrected chi connectivity index (χ2v) is 9.52. The number of nitrogens with one attached hydrogen (secondary N) is 1. The number of carbonyl (C=O) groups is 1. The number of piperidine rings is 1. The van der Waals surface area contributed by atoms with Crippen LogP contribution in [0.2, 0.25) is 0 Å². The van der Waals surface area contributed by atoms with Gasteiger partial charge in [-0.1, -0.05) is 12.1 Å². The number of hydrogen-bond donors (Lipinski definition) is 1. The number of amides is 1. The first-order valence-electron chi connectivity index (χ1n) is 11.7. The quantitative estimate of drug-likeness (QED) is 0.627. The van der Waals surface area contributed by atoms with Gasteiger partial charge in [-0.3, -0.25) is 9.59 Å². The lowest BCUT2D eigenvalue weighted by molar-refractivity contribution is 0.0594. The van der Waals surface area contributed by atoms with Crippen LogP contribution >= 0.6 is 0 Å². The third-order valence-corrected chi connectivity index (χ3v) is 6.92. The lowest BCUT2D eigenvalue weighted by atomic mass is 9.83. The number of fused-ring (bicyclic) bond motifs is 4.